The molecule has 0 aliphatic rings. The lowest BCUT2D eigenvalue weighted by Crippen LogP contribution is -2.14. The highest BCUT2D eigenvalue weighted by Crippen LogP contribution is 2.34. The Morgan fingerprint density at radius 3 is 2.11 bits per heavy atom. The Morgan fingerprint density at radius 1 is 0.919 bits per heavy atom. The molecule has 0 aliphatic carbocycles. The van der Waals surface area contributed by atoms with Crippen LogP contribution < -0.4 is 0 Å². The minimum absolute atomic E-state index is 0.106. The number of carboxylic acid groups (broad SMARTS) is 1. The lowest BCUT2D eigenvalue weighted by atomic mass is 9.83. The summed E-state index contributed by atoms with van der Waals surface area (Å²) in [6, 6.07) is 24.1. The van der Waals surface area contributed by atoms with Gasteiger partial charge in [0.25, 0.3) is 0 Å². The van der Waals surface area contributed by atoms with Gasteiger partial charge >= 0.3 is 12.1 Å². The van der Waals surface area contributed by atoms with Gasteiger partial charge < -0.3 is 10.3 Å². The van der Waals surface area contributed by atoms with Crippen LogP contribution in [0.4, 0.5) is 13.2 Å². The Labute approximate surface area is 211 Å². The standard InChI is InChI=1S/C29H23F3N2O3/c1-18-4-2-3-5-24(18)25(17-26(34-37)23-14-15-33-27(16-23)29(30,31)32)21-10-6-19(7-11-21)20-8-12-22(13-9-20)28(35)36/h2-16,25,37H,17H2,1H3,(H,35,36)/b34-26-/t25-/m1/s1. The van der Waals surface area contributed by atoms with E-state index in [4.69, 9.17) is 5.11 Å². The molecule has 0 saturated carbocycles. The summed E-state index contributed by atoms with van der Waals surface area (Å²) >= 11 is 0. The van der Waals surface area contributed by atoms with Crippen molar-refractivity contribution in [2.45, 2.75) is 25.4 Å². The Kier molecular flexibility index (Phi) is 7.38. The largest absolute Gasteiger partial charge is 0.478 e. The second-order valence-corrected chi connectivity index (χ2v) is 8.59. The monoisotopic (exact) mass is 504 g/mol. The van der Waals surface area contributed by atoms with E-state index in [1.807, 2.05) is 55.5 Å². The lowest BCUT2D eigenvalue weighted by Gasteiger charge is -2.21. The zero-order valence-corrected chi connectivity index (χ0v) is 19.8. The summed E-state index contributed by atoms with van der Waals surface area (Å²) in [5, 5.41) is 22.3. The van der Waals surface area contributed by atoms with Gasteiger partial charge in [-0.05, 0) is 59.0 Å². The molecule has 5 nitrogen and oxygen atoms in total. The molecule has 0 aliphatic heterocycles. The summed E-state index contributed by atoms with van der Waals surface area (Å²) in [6.45, 7) is 1.95. The van der Waals surface area contributed by atoms with Gasteiger partial charge in [-0.1, -0.05) is 65.8 Å². The minimum atomic E-state index is -4.62. The average molecular weight is 505 g/mol. The third-order valence-electron chi connectivity index (χ3n) is 6.24. The van der Waals surface area contributed by atoms with Gasteiger partial charge in [0, 0.05) is 24.1 Å². The van der Waals surface area contributed by atoms with E-state index in [9.17, 15) is 23.2 Å². The van der Waals surface area contributed by atoms with E-state index < -0.39 is 17.8 Å². The van der Waals surface area contributed by atoms with Crippen molar-refractivity contribution in [1.29, 1.82) is 0 Å². The first-order chi connectivity index (χ1) is 17.7. The van der Waals surface area contributed by atoms with Gasteiger partial charge in [0.15, 0.2) is 0 Å². The number of aromatic carboxylic acids is 1. The van der Waals surface area contributed by atoms with E-state index in [0.717, 1.165) is 40.1 Å². The van der Waals surface area contributed by atoms with E-state index in [1.165, 1.54) is 18.2 Å². The number of carboxylic acids is 1. The van der Waals surface area contributed by atoms with Gasteiger partial charge in [-0.25, -0.2) is 4.79 Å². The molecule has 2 N–H and O–H groups in total. The predicted octanol–water partition coefficient (Wildman–Crippen LogP) is 7.17. The zero-order chi connectivity index (χ0) is 26.6. The van der Waals surface area contributed by atoms with Crippen LogP contribution in [0.3, 0.4) is 0 Å². The number of halogens is 3. The molecule has 0 unspecified atom stereocenters. The second-order valence-electron chi connectivity index (χ2n) is 8.59. The molecular formula is C29H23F3N2O3. The quantitative estimate of drug-likeness (QED) is 0.159. The summed E-state index contributed by atoms with van der Waals surface area (Å²) in [5.41, 5.74) is 3.93. The number of alkyl halides is 3. The SMILES string of the molecule is Cc1ccccc1[C@H](C/C(=N/O)c1ccnc(C(F)(F)F)c1)c1ccc(-c2ccc(C(=O)O)cc2)cc1. The van der Waals surface area contributed by atoms with Crippen LogP contribution in [0.1, 0.15) is 50.6 Å². The van der Waals surface area contributed by atoms with Gasteiger partial charge in [-0.2, -0.15) is 13.2 Å². The molecule has 37 heavy (non-hydrogen) atoms. The molecule has 1 aromatic heterocycles. The maximum Gasteiger partial charge on any atom is 0.433 e. The number of pyridine rings is 1. The summed E-state index contributed by atoms with van der Waals surface area (Å²) in [4.78, 5) is 14.5. The Balaban J connectivity index is 1.70. The Bertz CT molecular complexity index is 1430. The van der Waals surface area contributed by atoms with E-state index in [-0.39, 0.29) is 29.2 Å². The zero-order valence-electron chi connectivity index (χ0n) is 19.8. The molecule has 8 heteroatoms. The number of aromatic nitrogens is 1. The summed E-state index contributed by atoms with van der Waals surface area (Å²) in [6.07, 6.45) is -3.42. The first-order valence-electron chi connectivity index (χ1n) is 11.4. The van der Waals surface area contributed by atoms with Crippen LogP contribution in [-0.2, 0) is 6.18 Å². The number of nitrogens with zero attached hydrogens (tertiary/aromatic N) is 2. The highest BCUT2D eigenvalue weighted by molar-refractivity contribution is 6.01. The number of rotatable bonds is 7. The van der Waals surface area contributed by atoms with Crippen LogP contribution >= 0.6 is 0 Å². The molecule has 3 aromatic carbocycles. The third-order valence-corrected chi connectivity index (χ3v) is 6.24. The molecule has 1 atom stereocenters. The first-order valence-corrected chi connectivity index (χ1v) is 11.4. The fraction of sp³-hybridized carbons (Fsp3) is 0.138. The van der Waals surface area contributed by atoms with Crippen molar-refractivity contribution in [3.05, 3.63) is 125 Å². The molecule has 0 amide bonds. The minimum Gasteiger partial charge on any atom is -0.478 e. The van der Waals surface area contributed by atoms with Crippen molar-refractivity contribution >= 4 is 11.7 Å². The summed E-state index contributed by atoms with van der Waals surface area (Å²) in [5.74, 6) is -1.31. The highest BCUT2D eigenvalue weighted by Gasteiger charge is 2.33. The normalized spacial score (nSPS) is 12.8. The van der Waals surface area contributed by atoms with Gasteiger partial charge in [0.05, 0.1) is 11.3 Å². The molecule has 0 fully saturated rings. The molecule has 0 saturated heterocycles. The topological polar surface area (TPSA) is 82.8 Å². The third kappa shape index (κ3) is 5.86. The van der Waals surface area contributed by atoms with Crippen molar-refractivity contribution in [2.24, 2.45) is 5.16 Å². The Hall–Kier alpha value is -4.46. The lowest BCUT2D eigenvalue weighted by molar-refractivity contribution is -0.141. The fourth-order valence-electron chi connectivity index (χ4n) is 4.27. The van der Waals surface area contributed by atoms with Crippen molar-refractivity contribution in [3.63, 3.8) is 0 Å². The number of aryl methyl sites for hydroxylation is 1. The van der Waals surface area contributed by atoms with Crippen LogP contribution in [0.15, 0.2) is 96.3 Å². The summed E-state index contributed by atoms with van der Waals surface area (Å²) in [7, 11) is 0. The molecular weight excluding hydrogens is 481 g/mol. The first kappa shape index (κ1) is 25.6. The van der Waals surface area contributed by atoms with Gasteiger partial charge in [-0.15, -0.1) is 0 Å². The van der Waals surface area contributed by atoms with Crippen LogP contribution in [0, 0.1) is 6.92 Å². The number of carbonyl (C=O) groups is 1. The number of oxime groups is 1. The number of hydrogen-bond donors (Lipinski definition) is 2. The van der Waals surface area contributed by atoms with Crippen LogP contribution in [0.5, 0.6) is 0 Å². The summed E-state index contributed by atoms with van der Waals surface area (Å²) < 4.78 is 39.7. The van der Waals surface area contributed by atoms with E-state index in [1.54, 1.807) is 12.1 Å². The molecule has 0 spiro atoms. The fourth-order valence-corrected chi connectivity index (χ4v) is 4.27. The molecule has 188 valence electrons. The Morgan fingerprint density at radius 2 is 1.54 bits per heavy atom. The number of benzene rings is 3. The van der Waals surface area contributed by atoms with E-state index in [0.29, 0.717) is 0 Å². The van der Waals surface area contributed by atoms with Gasteiger partial charge in [0.2, 0.25) is 0 Å². The molecule has 4 aromatic rings. The van der Waals surface area contributed by atoms with E-state index in [2.05, 4.69) is 10.1 Å². The van der Waals surface area contributed by atoms with Crippen molar-refractivity contribution in [1.82, 2.24) is 4.98 Å². The molecule has 0 radical (unpaired) electrons. The van der Waals surface area contributed by atoms with E-state index >= 15 is 0 Å². The number of hydrogen-bond acceptors (Lipinski definition) is 4. The average Bonchev–Trinajstić information content (AvgIpc) is 2.90. The smallest absolute Gasteiger partial charge is 0.433 e. The second kappa shape index (κ2) is 10.7. The van der Waals surface area contributed by atoms with Crippen molar-refractivity contribution < 1.29 is 28.3 Å². The predicted molar refractivity (Wildman–Crippen MR) is 134 cm³/mol. The maximum absolute atomic E-state index is 13.2. The van der Waals surface area contributed by atoms with Crippen molar-refractivity contribution in [2.75, 3.05) is 0 Å². The van der Waals surface area contributed by atoms with Crippen LogP contribution in [-0.4, -0.2) is 27.0 Å². The highest BCUT2D eigenvalue weighted by atomic mass is 19.4. The van der Waals surface area contributed by atoms with Crippen molar-refractivity contribution in [3.8, 4) is 11.1 Å². The van der Waals surface area contributed by atoms with Crippen LogP contribution in [0.2, 0.25) is 0 Å². The molecule has 1 heterocycles. The van der Waals surface area contributed by atoms with Gasteiger partial charge in [0.1, 0.15) is 5.69 Å². The maximum atomic E-state index is 13.2. The van der Waals surface area contributed by atoms with Gasteiger partial charge in [-0.3, -0.25) is 4.98 Å². The molecule has 0 bridgehead atoms. The molecule has 4 rings (SSSR count). The van der Waals surface area contributed by atoms with Crippen LogP contribution in [0.25, 0.3) is 11.1 Å².